The van der Waals surface area contributed by atoms with Crippen LogP contribution in [0.3, 0.4) is 0 Å². The third-order valence-electron chi connectivity index (χ3n) is 0.900. The average Bonchev–Trinajstić information content (AvgIpc) is 1.90. The smallest absolute Gasteiger partial charge is 0.189 e. The zero-order valence-electron chi connectivity index (χ0n) is 4.72. The number of rotatable bonds is 1. The standard InChI is InChI=1S/C5H8N2O/c1-8-5-2-3-6-4-7-5/h2,4H,3H2,1H3,(H,6,7). The second kappa shape index (κ2) is 2.35. The molecule has 0 amide bonds. The first-order valence-corrected chi connectivity index (χ1v) is 2.42. The van der Waals surface area contributed by atoms with E-state index in [0.717, 1.165) is 12.4 Å². The minimum atomic E-state index is 0.718. The maximum Gasteiger partial charge on any atom is 0.189 e. The van der Waals surface area contributed by atoms with Crippen molar-refractivity contribution in [2.75, 3.05) is 13.7 Å². The Kier molecular flexibility index (Phi) is 1.51. The fourth-order valence-corrected chi connectivity index (χ4v) is 0.499. The molecule has 0 unspecified atom stereocenters. The molecule has 0 aromatic carbocycles. The van der Waals surface area contributed by atoms with E-state index in [0.29, 0.717) is 0 Å². The van der Waals surface area contributed by atoms with Crippen molar-refractivity contribution in [3.63, 3.8) is 0 Å². The van der Waals surface area contributed by atoms with Crippen LogP contribution in [0.2, 0.25) is 0 Å². The Balaban J connectivity index is 2.43. The van der Waals surface area contributed by atoms with Gasteiger partial charge in [0.2, 0.25) is 0 Å². The van der Waals surface area contributed by atoms with Gasteiger partial charge in [0.05, 0.1) is 20.0 Å². The van der Waals surface area contributed by atoms with Gasteiger partial charge in [-0.3, -0.25) is 4.99 Å². The van der Waals surface area contributed by atoms with Gasteiger partial charge in [-0.05, 0) is 6.08 Å². The predicted molar refractivity (Wildman–Crippen MR) is 31.6 cm³/mol. The molecule has 44 valence electrons. The molecule has 0 aliphatic carbocycles. The second-order valence-electron chi connectivity index (χ2n) is 1.41. The van der Waals surface area contributed by atoms with Gasteiger partial charge in [0.25, 0.3) is 0 Å². The first-order valence-electron chi connectivity index (χ1n) is 2.42. The number of nitrogens with zero attached hydrogens (tertiary/aromatic N) is 1. The Morgan fingerprint density at radius 3 is 3.12 bits per heavy atom. The fourth-order valence-electron chi connectivity index (χ4n) is 0.499. The van der Waals surface area contributed by atoms with Crippen LogP contribution in [0.15, 0.2) is 17.0 Å². The van der Waals surface area contributed by atoms with Gasteiger partial charge >= 0.3 is 0 Å². The van der Waals surface area contributed by atoms with E-state index in [1.165, 1.54) is 0 Å². The molecule has 1 N–H and O–H groups in total. The van der Waals surface area contributed by atoms with Crippen LogP contribution in [0.25, 0.3) is 0 Å². The van der Waals surface area contributed by atoms with Crippen LogP contribution in [-0.2, 0) is 4.74 Å². The molecule has 0 aromatic rings. The Morgan fingerprint density at radius 1 is 1.88 bits per heavy atom. The summed E-state index contributed by atoms with van der Waals surface area (Å²) in [6.07, 6.45) is 3.50. The number of ether oxygens (including phenoxy) is 1. The third-order valence-corrected chi connectivity index (χ3v) is 0.900. The van der Waals surface area contributed by atoms with Crippen LogP contribution in [0.4, 0.5) is 0 Å². The average molecular weight is 112 g/mol. The highest BCUT2D eigenvalue weighted by molar-refractivity contribution is 5.58. The molecule has 8 heavy (non-hydrogen) atoms. The van der Waals surface area contributed by atoms with E-state index in [-0.39, 0.29) is 0 Å². The number of hydrogen-bond acceptors (Lipinski definition) is 3. The Hall–Kier alpha value is -0.990. The van der Waals surface area contributed by atoms with E-state index < -0.39 is 0 Å². The molecule has 0 spiro atoms. The van der Waals surface area contributed by atoms with Gasteiger partial charge in [-0.25, -0.2) is 0 Å². The Morgan fingerprint density at radius 2 is 2.75 bits per heavy atom. The largest absolute Gasteiger partial charge is 0.482 e. The lowest BCUT2D eigenvalue weighted by molar-refractivity contribution is 0.274. The van der Waals surface area contributed by atoms with Gasteiger partial charge in [-0.2, -0.15) is 0 Å². The zero-order valence-corrected chi connectivity index (χ0v) is 4.72. The molecule has 0 aromatic heterocycles. The second-order valence-corrected chi connectivity index (χ2v) is 1.41. The maximum absolute atomic E-state index is 4.85. The molecule has 3 heteroatoms. The lowest BCUT2D eigenvalue weighted by Crippen LogP contribution is -2.15. The summed E-state index contributed by atoms with van der Waals surface area (Å²) in [5.74, 6) is 0.778. The van der Waals surface area contributed by atoms with E-state index in [4.69, 9.17) is 4.74 Å². The molecule has 1 rings (SSSR count). The fraction of sp³-hybridized carbons (Fsp3) is 0.400. The highest BCUT2D eigenvalue weighted by Gasteiger charge is 1.92. The maximum atomic E-state index is 4.85. The highest BCUT2D eigenvalue weighted by Crippen LogP contribution is 1.91. The van der Waals surface area contributed by atoms with Crippen molar-refractivity contribution in [3.05, 3.63) is 12.0 Å². The molecule has 0 atom stereocenters. The number of aliphatic imine (C=N–C) groups is 1. The summed E-state index contributed by atoms with van der Waals surface area (Å²) in [7, 11) is 1.62. The van der Waals surface area contributed by atoms with Crippen LogP contribution in [0.1, 0.15) is 0 Å². The number of nitrogens with one attached hydrogen (secondary N) is 1. The first kappa shape index (κ1) is 5.15. The van der Waals surface area contributed by atoms with Crippen molar-refractivity contribution in [1.29, 1.82) is 0 Å². The molecule has 0 bridgehead atoms. The quantitative estimate of drug-likeness (QED) is 0.522. The Labute approximate surface area is 48.1 Å². The summed E-state index contributed by atoms with van der Waals surface area (Å²) in [5, 5.41) is 2.82. The molecular formula is C5H8N2O. The molecule has 0 radical (unpaired) electrons. The predicted octanol–water partition coefficient (Wildman–Crippen LogP) is 0.106. The zero-order chi connectivity index (χ0) is 5.82. The molecule has 0 fully saturated rings. The van der Waals surface area contributed by atoms with Gasteiger partial charge in [0.1, 0.15) is 0 Å². The van der Waals surface area contributed by atoms with Crippen LogP contribution in [0.5, 0.6) is 0 Å². The normalized spacial score (nSPS) is 16.9. The van der Waals surface area contributed by atoms with Crippen molar-refractivity contribution >= 4 is 6.34 Å². The van der Waals surface area contributed by atoms with Crippen LogP contribution in [-0.4, -0.2) is 20.0 Å². The minimum absolute atomic E-state index is 0.718. The first-order chi connectivity index (χ1) is 3.93. The molecule has 0 saturated carbocycles. The summed E-state index contributed by atoms with van der Waals surface area (Å²) in [4.78, 5) is 3.88. The van der Waals surface area contributed by atoms with E-state index in [1.807, 2.05) is 6.08 Å². The van der Waals surface area contributed by atoms with Crippen LogP contribution in [0, 0.1) is 0 Å². The Bertz CT molecular complexity index is 128. The third kappa shape index (κ3) is 0.992. The topological polar surface area (TPSA) is 33.6 Å². The van der Waals surface area contributed by atoms with E-state index >= 15 is 0 Å². The van der Waals surface area contributed by atoms with E-state index in [1.54, 1.807) is 13.4 Å². The van der Waals surface area contributed by atoms with Gasteiger partial charge in [-0.15, -0.1) is 0 Å². The lowest BCUT2D eigenvalue weighted by Gasteiger charge is -2.06. The lowest BCUT2D eigenvalue weighted by atomic mass is 10.5. The molecule has 1 heterocycles. The minimum Gasteiger partial charge on any atom is -0.482 e. The van der Waals surface area contributed by atoms with Crippen LogP contribution >= 0.6 is 0 Å². The summed E-state index contributed by atoms with van der Waals surface area (Å²) >= 11 is 0. The van der Waals surface area contributed by atoms with Crippen molar-refractivity contribution in [2.24, 2.45) is 4.99 Å². The highest BCUT2D eigenvalue weighted by atomic mass is 16.5. The summed E-state index contributed by atoms with van der Waals surface area (Å²) in [6.45, 7) is 0.718. The van der Waals surface area contributed by atoms with Crippen molar-refractivity contribution in [3.8, 4) is 0 Å². The molecule has 0 saturated heterocycles. The monoisotopic (exact) mass is 112 g/mol. The molecule has 1 aliphatic heterocycles. The SMILES string of the molecule is COC1=CCN=CN1. The van der Waals surface area contributed by atoms with Gasteiger partial charge in [0, 0.05) is 0 Å². The number of hydrogen-bond donors (Lipinski definition) is 1. The number of methoxy groups -OCH3 is 1. The van der Waals surface area contributed by atoms with E-state index in [2.05, 4.69) is 10.3 Å². The van der Waals surface area contributed by atoms with Crippen molar-refractivity contribution in [2.45, 2.75) is 0 Å². The van der Waals surface area contributed by atoms with Crippen molar-refractivity contribution in [1.82, 2.24) is 5.32 Å². The van der Waals surface area contributed by atoms with Crippen molar-refractivity contribution < 1.29 is 4.74 Å². The van der Waals surface area contributed by atoms with Crippen LogP contribution < -0.4 is 5.32 Å². The summed E-state index contributed by atoms with van der Waals surface area (Å²) < 4.78 is 4.85. The summed E-state index contributed by atoms with van der Waals surface area (Å²) in [5.41, 5.74) is 0. The molecular weight excluding hydrogens is 104 g/mol. The summed E-state index contributed by atoms with van der Waals surface area (Å²) in [6, 6.07) is 0. The van der Waals surface area contributed by atoms with Gasteiger partial charge < -0.3 is 10.1 Å². The van der Waals surface area contributed by atoms with Gasteiger partial charge in [0.15, 0.2) is 5.88 Å². The van der Waals surface area contributed by atoms with E-state index in [9.17, 15) is 0 Å². The molecule has 3 nitrogen and oxygen atoms in total. The van der Waals surface area contributed by atoms with Gasteiger partial charge in [-0.1, -0.05) is 0 Å². The molecule has 1 aliphatic rings.